The van der Waals surface area contributed by atoms with Gasteiger partial charge in [-0.1, -0.05) is 48.0 Å². The van der Waals surface area contributed by atoms with Gasteiger partial charge in [0.1, 0.15) is 12.4 Å². The number of piperazine rings is 1. The van der Waals surface area contributed by atoms with Crippen molar-refractivity contribution < 1.29 is 22.7 Å². The molecule has 1 fully saturated rings. The van der Waals surface area contributed by atoms with Gasteiger partial charge in [0.25, 0.3) is 0 Å². The van der Waals surface area contributed by atoms with Crippen molar-refractivity contribution in [1.29, 1.82) is 0 Å². The zero-order valence-corrected chi connectivity index (χ0v) is 22.6. The van der Waals surface area contributed by atoms with Crippen LogP contribution >= 0.6 is 11.6 Å². The molecule has 0 bridgehead atoms. The van der Waals surface area contributed by atoms with Gasteiger partial charge in [-0.05, 0) is 53.9 Å². The standard InChI is InChI=1S/C28H31ClN2O5S/c1-21-4-3-5-26(16-21)37(33,34)31-14-12-30(13-15-31)19-24-17-23(18-28(32)35-2)8-11-27(24)36-20-22-6-9-25(29)10-7-22/h3-11,16-17H,12-15,18-20H2,1-2H3. The smallest absolute Gasteiger partial charge is 0.309 e. The number of benzene rings is 3. The predicted octanol–water partition coefficient (Wildman–Crippen LogP) is 4.45. The maximum absolute atomic E-state index is 13.1. The maximum atomic E-state index is 13.1. The molecule has 0 spiro atoms. The molecule has 1 saturated heterocycles. The Bertz CT molecular complexity index is 1340. The van der Waals surface area contributed by atoms with Crippen molar-refractivity contribution in [1.82, 2.24) is 9.21 Å². The molecule has 0 amide bonds. The molecule has 196 valence electrons. The third kappa shape index (κ3) is 7.11. The molecule has 1 heterocycles. The summed E-state index contributed by atoms with van der Waals surface area (Å²) >= 11 is 5.99. The van der Waals surface area contributed by atoms with Crippen molar-refractivity contribution in [3.05, 3.63) is 94.0 Å². The van der Waals surface area contributed by atoms with E-state index in [0.717, 1.165) is 28.0 Å². The van der Waals surface area contributed by atoms with Gasteiger partial charge in [0, 0.05) is 43.3 Å². The molecule has 3 aromatic carbocycles. The number of hydrogen-bond donors (Lipinski definition) is 0. The molecule has 7 nitrogen and oxygen atoms in total. The lowest BCUT2D eigenvalue weighted by atomic mass is 10.1. The third-order valence-electron chi connectivity index (χ3n) is 6.36. The summed E-state index contributed by atoms with van der Waals surface area (Å²) in [5.41, 5.74) is 3.67. The van der Waals surface area contributed by atoms with Gasteiger partial charge in [0.15, 0.2) is 0 Å². The van der Waals surface area contributed by atoms with Crippen LogP contribution in [0.2, 0.25) is 5.02 Å². The van der Waals surface area contributed by atoms with E-state index in [1.165, 1.54) is 7.11 Å². The van der Waals surface area contributed by atoms with Crippen LogP contribution in [0.3, 0.4) is 0 Å². The zero-order chi connectivity index (χ0) is 26.4. The van der Waals surface area contributed by atoms with Crippen molar-refractivity contribution in [3.63, 3.8) is 0 Å². The van der Waals surface area contributed by atoms with Crippen molar-refractivity contribution in [2.75, 3.05) is 33.3 Å². The Hall–Kier alpha value is -2.91. The minimum absolute atomic E-state index is 0.170. The normalized spacial score (nSPS) is 14.9. The highest BCUT2D eigenvalue weighted by molar-refractivity contribution is 7.89. The van der Waals surface area contributed by atoms with Crippen LogP contribution in [0, 0.1) is 6.92 Å². The molecule has 0 aliphatic carbocycles. The van der Waals surface area contributed by atoms with Crippen LogP contribution in [0.5, 0.6) is 5.75 Å². The molecule has 1 aliphatic rings. The minimum Gasteiger partial charge on any atom is -0.489 e. The number of ether oxygens (including phenoxy) is 2. The topological polar surface area (TPSA) is 76.2 Å². The van der Waals surface area contributed by atoms with Crippen LogP contribution in [0.25, 0.3) is 0 Å². The maximum Gasteiger partial charge on any atom is 0.309 e. The van der Waals surface area contributed by atoms with E-state index in [0.29, 0.717) is 49.2 Å². The molecule has 0 radical (unpaired) electrons. The van der Waals surface area contributed by atoms with E-state index in [-0.39, 0.29) is 12.4 Å². The molecule has 1 aliphatic heterocycles. The number of carbonyl (C=O) groups is 1. The van der Waals surface area contributed by atoms with Crippen LogP contribution in [0.15, 0.2) is 71.6 Å². The fraction of sp³-hybridized carbons (Fsp3) is 0.321. The number of hydrogen-bond acceptors (Lipinski definition) is 6. The van der Waals surface area contributed by atoms with E-state index >= 15 is 0 Å². The molecular formula is C28H31ClN2O5S. The van der Waals surface area contributed by atoms with Gasteiger partial charge in [-0.2, -0.15) is 4.31 Å². The molecule has 0 atom stereocenters. The number of carbonyl (C=O) groups excluding carboxylic acids is 1. The Morgan fingerprint density at radius 3 is 2.32 bits per heavy atom. The highest BCUT2D eigenvalue weighted by Gasteiger charge is 2.29. The van der Waals surface area contributed by atoms with Crippen molar-refractivity contribution in [2.45, 2.75) is 31.4 Å². The zero-order valence-electron chi connectivity index (χ0n) is 21.0. The Balaban J connectivity index is 1.46. The molecule has 0 N–H and O–H groups in total. The lowest BCUT2D eigenvalue weighted by Crippen LogP contribution is -2.48. The summed E-state index contributed by atoms with van der Waals surface area (Å²) in [6.45, 7) is 4.81. The Kier molecular flexibility index (Phi) is 8.87. The SMILES string of the molecule is COC(=O)Cc1ccc(OCc2ccc(Cl)cc2)c(CN2CCN(S(=O)(=O)c3cccc(C)c3)CC2)c1. The van der Waals surface area contributed by atoms with E-state index in [4.69, 9.17) is 21.1 Å². The first kappa shape index (κ1) is 27.1. The number of halogens is 1. The van der Waals surface area contributed by atoms with E-state index in [1.54, 1.807) is 22.5 Å². The molecule has 3 aromatic rings. The number of esters is 1. The lowest BCUT2D eigenvalue weighted by molar-refractivity contribution is -0.139. The Morgan fingerprint density at radius 1 is 0.946 bits per heavy atom. The second-order valence-electron chi connectivity index (χ2n) is 9.11. The summed E-state index contributed by atoms with van der Waals surface area (Å²) in [5, 5.41) is 0.667. The number of sulfonamides is 1. The van der Waals surface area contributed by atoms with Gasteiger partial charge >= 0.3 is 5.97 Å². The van der Waals surface area contributed by atoms with Gasteiger partial charge in [0.05, 0.1) is 18.4 Å². The number of methoxy groups -OCH3 is 1. The minimum atomic E-state index is -3.53. The number of nitrogens with zero attached hydrogens (tertiary/aromatic N) is 2. The Labute approximate surface area is 223 Å². The Morgan fingerprint density at radius 2 is 1.65 bits per heavy atom. The molecule has 4 rings (SSSR count). The number of aryl methyl sites for hydroxylation is 1. The summed E-state index contributed by atoms with van der Waals surface area (Å²) in [6.07, 6.45) is 0.170. The number of rotatable bonds is 9. The monoisotopic (exact) mass is 542 g/mol. The van der Waals surface area contributed by atoms with Crippen LogP contribution in [-0.4, -0.2) is 56.9 Å². The summed E-state index contributed by atoms with van der Waals surface area (Å²) in [4.78, 5) is 14.4. The van der Waals surface area contributed by atoms with Gasteiger partial charge in [-0.25, -0.2) is 8.42 Å². The second-order valence-corrected chi connectivity index (χ2v) is 11.5. The first-order valence-corrected chi connectivity index (χ1v) is 13.9. The van der Waals surface area contributed by atoms with E-state index in [1.807, 2.05) is 55.5 Å². The van der Waals surface area contributed by atoms with E-state index in [2.05, 4.69) is 4.90 Å². The van der Waals surface area contributed by atoms with Crippen LogP contribution in [-0.2, 0) is 39.1 Å². The van der Waals surface area contributed by atoms with Crippen molar-refractivity contribution >= 4 is 27.6 Å². The molecule has 0 saturated carbocycles. The van der Waals surface area contributed by atoms with Gasteiger partial charge in [0.2, 0.25) is 10.0 Å². The summed E-state index contributed by atoms with van der Waals surface area (Å²) in [6, 6.07) is 20.2. The molecule has 37 heavy (non-hydrogen) atoms. The third-order valence-corrected chi connectivity index (χ3v) is 8.51. The predicted molar refractivity (Wildman–Crippen MR) is 143 cm³/mol. The highest BCUT2D eigenvalue weighted by atomic mass is 35.5. The van der Waals surface area contributed by atoms with Crippen LogP contribution in [0.1, 0.15) is 22.3 Å². The first-order chi connectivity index (χ1) is 17.7. The second kappa shape index (κ2) is 12.1. The van der Waals surface area contributed by atoms with E-state index in [9.17, 15) is 13.2 Å². The van der Waals surface area contributed by atoms with Crippen LogP contribution < -0.4 is 4.74 Å². The molecule has 0 unspecified atom stereocenters. The van der Waals surface area contributed by atoms with Gasteiger partial charge in [-0.3, -0.25) is 9.69 Å². The lowest BCUT2D eigenvalue weighted by Gasteiger charge is -2.34. The van der Waals surface area contributed by atoms with Gasteiger partial charge in [-0.15, -0.1) is 0 Å². The largest absolute Gasteiger partial charge is 0.489 e. The molecular weight excluding hydrogens is 512 g/mol. The summed E-state index contributed by atoms with van der Waals surface area (Å²) < 4.78 is 38.7. The van der Waals surface area contributed by atoms with Crippen molar-refractivity contribution in [2.24, 2.45) is 0 Å². The average molecular weight is 543 g/mol. The summed E-state index contributed by atoms with van der Waals surface area (Å²) in [7, 11) is -2.16. The highest BCUT2D eigenvalue weighted by Crippen LogP contribution is 2.26. The fourth-order valence-corrected chi connectivity index (χ4v) is 5.93. The average Bonchev–Trinajstić information content (AvgIpc) is 2.89. The summed E-state index contributed by atoms with van der Waals surface area (Å²) in [5.74, 6) is 0.411. The van der Waals surface area contributed by atoms with Crippen molar-refractivity contribution in [3.8, 4) is 5.75 Å². The van der Waals surface area contributed by atoms with Crippen LogP contribution in [0.4, 0.5) is 0 Å². The van der Waals surface area contributed by atoms with E-state index < -0.39 is 10.0 Å². The first-order valence-electron chi connectivity index (χ1n) is 12.1. The van der Waals surface area contributed by atoms with Gasteiger partial charge < -0.3 is 9.47 Å². The molecule has 9 heteroatoms. The fourth-order valence-electron chi connectivity index (χ4n) is 4.28. The molecule has 0 aromatic heterocycles. The quantitative estimate of drug-likeness (QED) is 0.372.